The second-order valence-electron chi connectivity index (χ2n) is 3.80. The highest BCUT2D eigenvalue weighted by molar-refractivity contribution is 9.10. The Morgan fingerprint density at radius 3 is 2.56 bits per heavy atom. The van der Waals surface area contributed by atoms with E-state index in [1.165, 1.54) is 0 Å². The van der Waals surface area contributed by atoms with Gasteiger partial charge in [-0.3, -0.25) is 0 Å². The molecule has 0 radical (unpaired) electrons. The Hall–Kier alpha value is -1.68. The Kier molecular flexibility index (Phi) is 4.47. The Morgan fingerprint density at radius 2 is 1.83 bits per heavy atom. The van der Waals surface area contributed by atoms with Gasteiger partial charge in [0.15, 0.2) is 6.20 Å². The number of ether oxygens (including phenoxy) is 1. The summed E-state index contributed by atoms with van der Waals surface area (Å²) in [7, 11) is 0. The molecule has 0 unspecified atom stereocenters. The van der Waals surface area contributed by atoms with E-state index in [4.69, 9.17) is 4.74 Å². The van der Waals surface area contributed by atoms with Crippen molar-refractivity contribution in [2.24, 2.45) is 0 Å². The van der Waals surface area contributed by atoms with Crippen molar-refractivity contribution in [2.45, 2.75) is 13.2 Å². The summed E-state index contributed by atoms with van der Waals surface area (Å²) in [6, 6.07) is 15.3. The predicted octanol–water partition coefficient (Wildman–Crippen LogP) is 2.48. The predicted molar refractivity (Wildman–Crippen MR) is 70.6 cm³/mol. The third-order valence-electron chi connectivity index (χ3n) is 2.43. The van der Waals surface area contributed by atoms with Gasteiger partial charge in [0.1, 0.15) is 6.61 Å². The zero-order valence-corrected chi connectivity index (χ0v) is 11.3. The molecular formula is C14H13BrNO2+. The van der Waals surface area contributed by atoms with E-state index in [2.05, 4.69) is 15.9 Å². The number of hydrogen-bond donors (Lipinski definition) is 0. The average molecular weight is 307 g/mol. The first-order valence-electron chi connectivity index (χ1n) is 5.59. The maximum atomic E-state index is 11.7. The molecule has 92 valence electrons. The minimum Gasteiger partial charge on any atom is -0.456 e. The number of carbonyl (C=O) groups is 1. The second kappa shape index (κ2) is 6.31. The number of aromatic nitrogens is 1. The van der Waals surface area contributed by atoms with E-state index < -0.39 is 0 Å². The topological polar surface area (TPSA) is 30.2 Å². The molecule has 1 aromatic carbocycles. The Bertz CT molecular complexity index is 528. The molecule has 18 heavy (non-hydrogen) atoms. The standard InChI is InChI=1S/C14H13BrNO2/c15-13-8-4-5-9-16(13)10-14(17)18-11-12-6-2-1-3-7-12/h1-9H,10-11H2/q+1. The molecule has 0 fully saturated rings. The summed E-state index contributed by atoms with van der Waals surface area (Å²) >= 11 is 3.38. The molecule has 0 aliphatic carbocycles. The Labute approximate surface area is 114 Å². The summed E-state index contributed by atoms with van der Waals surface area (Å²) in [6.07, 6.45) is 1.83. The highest BCUT2D eigenvalue weighted by atomic mass is 79.9. The second-order valence-corrected chi connectivity index (χ2v) is 4.61. The van der Waals surface area contributed by atoms with Crippen LogP contribution in [0.5, 0.6) is 0 Å². The van der Waals surface area contributed by atoms with E-state index in [0.717, 1.165) is 10.2 Å². The first kappa shape index (κ1) is 12.8. The molecule has 0 atom stereocenters. The van der Waals surface area contributed by atoms with E-state index in [-0.39, 0.29) is 12.5 Å². The molecule has 0 N–H and O–H groups in total. The van der Waals surface area contributed by atoms with Crippen molar-refractivity contribution in [2.75, 3.05) is 0 Å². The fourth-order valence-corrected chi connectivity index (χ4v) is 1.90. The molecule has 0 aliphatic heterocycles. The monoisotopic (exact) mass is 306 g/mol. The van der Waals surface area contributed by atoms with Crippen LogP contribution in [0, 0.1) is 0 Å². The van der Waals surface area contributed by atoms with Crippen molar-refractivity contribution in [1.29, 1.82) is 0 Å². The van der Waals surface area contributed by atoms with Crippen molar-refractivity contribution >= 4 is 21.9 Å². The highest BCUT2D eigenvalue weighted by Crippen LogP contribution is 2.02. The minimum absolute atomic E-state index is 0.203. The largest absolute Gasteiger partial charge is 0.456 e. The van der Waals surface area contributed by atoms with Crippen LogP contribution in [-0.2, 0) is 22.7 Å². The lowest BCUT2D eigenvalue weighted by molar-refractivity contribution is -0.696. The van der Waals surface area contributed by atoms with Gasteiger partial charge >= 0.3 is 5.97 Å². The van der Waals surface area contributed by atoms with Gasteiger partial charge in [-0.05, 0) is 11.6 Å². The van der Waals surface area contributed by atoms with E-state index in [1.807, 2.05) is 54.7 Å². The van der Waals surface area contributed by atoms with Gasteiger partial charge in [-0.15, -0.1) is 0 Å². The van der Waals surface area contributed by atoms with Crippen molar-refractivity contribution in [1.82, 2.24) is 0 Å². The number of carbonyl (C=O) groups excluding carboxylic acids is 1. The first-order chi connectivity index (χ1) is 8.75. The summed E-state index contributed by atoms with van der Waals surface area (Å²) in [6.45, 7) is 0.513. The van der Waals surface area contributed by atoms with Gasteiger partial charge in [-0.2, -0.15) is 4.57 Å². The van der Waals surface area contributed by atoms with Crippen LogP contribution in [0.15, 0.2) is 59.3 Å². The van der Waals surface area contributed by atoms with Gasteiger partial charge in [-0.1, -0.05) is 30.3 Å². The molecule has 2 aromatic rings. The number of hydrogen-bond acceptors (Lipinski definition) is 2. The van der Waals surface area contributed by atoms with Gasteiger partial charge in [0.05, 0.1) is 0 Å². The Morgan fingerprint density at radius 1 is 1.11 bits per heavy atom. The van der Waals surface area contributed by atoms with Crippen LogP contribution in [0.3, 0.4) is 0 Å². The molecule has 1 aromatic heterocycles. The number of halogens is 1. The quantitative estimate of drug-likeness (QED) is 0.493. The van der Waals surface area contributed by atoms with Gasteiger partial charge in [0.2, 0.25) is 11.1 Å². The number of rotatable bonds is 4. The van der Waals surface area contributed by atoms with Crippen molar-refractivity contribution in [3.05, 3.63) is 64.9 Å². The minimum atomic E-state index is -0.254. The van der Waals surface area contributed by atoms with Crippen LogP contribution in [0.2, 0.25) is 0 Å². The van der Waals surface area contributed by atoms with E-state index in [0.29, 0.717) is 6.61 Å². The molecule has 3 nitrogen and oxygen atoms in total. The van der Waals surface area contributed by atoms with Gasteiger partial charge in [-0.25, -0.2) is 4.79 Å². The van der Waals surface area contributed by atoms with Crippen LogP contribution < -0.4 is 4.57 Å². The summed E-state index contributed by atoms with van der Waals surface area (Å²) in [5, 5.41) is 0. The first-order valence-corrected chi connectivity index (χ1v) is 6.38. The van der Waals surface area contributed by atoms with E-state index in [1.54, 1.807) is 4.57 Å². The normalized spacial score (nSPS) is 10.1. The molecule has 4 heteroatoms. The maximum Gasteiger partial charge on any atom is 0.373 e. The molecular weight excluding hydrogens is 294 g/mol. The van der Waals surface area contributed by atoms with Crippen molar-refractivity contribution in [3.8, 4) is 0 Å². The fourth-order valence-electron chi connectivity index (χ4n) is 1.51. The third-order valence-corrected chi connectivity index (χ3v) is 3.15. The summed E-state index contributed by atoms with van der Waals surface area (Å²) in [5.74, 6) is -0.254. The van der Waals surface area contributed by atoms with Crippen molar-refractivity contribution < 1.29 is 14.1 Å². The van der Waals surface area contributed by atoms with Gasteiger partial charge < -0.3 is 4.74 Å². The molecule has 0 spiro atoms. The van der Waals surface area contributed by atoms with Gasteiger partial charge in [0, 0.05) is 28.1 Å². The lowest BCUT2D eigenvalue weighted by atomic mass is 10.2. The zero-order chi connectivity index (χ0) is 12.8. The molecule has 1 heterocycles. The number of benzene rings is 1. The lowest BCUT2D eigenvalue weighted by Crippen LogP contribution is -2.39. The zero-order valence-electron chi connectivity index (χ0n) is 9.75. The maximum absolute atomic E-state index is 11.7. The van der Waals surface area contributed by atoms with Crippen LogP contribution in [0.4, 0.5) is 0 Å². The van der Waals surface area contributed by atoms with Crippen LogP contribution in [-0.4, -0.2) is 5.97 Å². The summed E-state index contributed by atoms with van der Waals surface area (Å²) in [4.78, 5) is 11.7. The van der Waals surface area contributed by atoms with Crippen LogP contribution in [0.25, 0.3) is 0 Å². The number of esters is 1. The average Bonchev–Trinajstić information content (AvgIpc) is 2.40. The van der Waals surface area contributed by atoms with Crippen LogP contribution >= 0.6 is 15.9 Å². The molecule has 0 saturated carbocycles. The van der Waals surface area contributed by atoms with Crippen LogP contribution in [0.1, 0.15) is 5.56 Å². The molecule has 0 aliphatic rings. The number of pyridine rings is 1. The summed E-state index contributed by atoms with van der Waals surface area (Å²) < 4.78 is 7.84. The molecule has 2 rings (SSSR count). The molecule has 0 bridgehead atoms. The fraction of sp³-hybridized carbons (Fsp3) is 0.143. The Balaban J connectivity index is 1.88. The SMILES string of the molecule is O=C(C[n+]1ccccc1Br)OCc1ccccc1. The van der Waals surface area contributed by atoms with E-state index >= 15 is 0 Å². The van der Waals surface area contributed by atoms with Crippen molar-refractivity contribution in [3.63, 3.8) is 0 Å². The molecule has 0 amide bonds. The number of nitrogens with zero attached hydrogens (tertiary/aromatic N) is 1. The molecule has 0 saturated heterocycles. The smallest absolute Gasteiger partial charge is 0.373 e. The highest BCUT2D eigenvalue weighted by Gasteiger charge is 2.13. The van der Waals surface area contributed by atoms with E-state index in [9.17, 15) is 4.79 Å². The summed E-state index contributed by atoms with van der Waals surface area (Å²) in [5.41, 5.74) is 0.989. The van der Waals surface area contributed by atoms with Gasteiger partial charge in [0.25, 0.3) is 0 Å². The lowest BCUT2D eigenvalue weighted by Gasteiger charge is -2.03. The third kappa shape index (κ3) is 3.67.